The Morgan fingerprint density at radius 2 is 2.20 bits per heavy atom. The van der Waals surface area contributed by atoms with E-state index in [0.717, 1.165) is 11.4 Å². The molecule has 0 aliphatic heterocycles. The Kier molecular flexibility index (Phi) is 4.32. The number of nitrogens with one attached hydrogen (secondary N) is 1. The summed E-state index contributed by atoms with van der Waals surface area (Å²) >= 11 is 0. The molecule has 1 aromatic rings. The van der Waals surface area contributed by atoms with Crippen LogP contribution in [0, 0.1) is 13.8 Å². The molecule has 1 fully saturated rings. The van der Waals surface area contributed by atoms with Gasteiger partial charge in [0.25, 0.3) is 0 Å². The molecule has 0 bridgehead atoms. The molecule has 6 nitrogen and oxygen atoms in total. The minimum absolute atomic E-state index is 0.0216. The highest BCUT2D eigenvalue weighted by Crippen LogP contribution is 2.26. The van der Waals surface area contributed by atoms with E-state index in [9.17, 15) is 4.79 Å². The molecule has 112 valence electrons. The number of anilines is 1. The summed E-state index contributed by atoms with van der Waals surface area (Å²) in [5, 5.41) is 7.24. The van der Waals surface area contributed by atoms with Crippen LogP contribution in [-0.4, -0.2) is 46.3 Å². The van der Waals surface area contributed by atoms with Crippen LogP contribution in [-0.2, 0) is 11.3 Å². The predicted molar refractivity (Wildman–Crippen MR) is 79.4 cm³/mol. The van der Waals surface area contributed by atoms with E-state index in [4.69, 9.17) is 5.73 Å². The molecule has 0 radical (unpaired) electrons. The van der Waals surface area contributed by atoms with E-state index in [2.05, 4.69) is 29.3 Å². The number of nitrogens with zero attached hydrogens (tertiary/aromatic N) is 3. The number of nitrogen functional groups attached to an aromatic ring is 1. The number of aromatic nitrogens is 2. The lowest BCUT2D eigenvalue weighted by atomic mass is 10.3. The highest BCUT2D eigenvalue weighted by molar-refractivity contribution is 5.76. The summed E-state index contributed by atoms with van der Waals surface area (Å²) in [6, 6.07) is 1.06. The van der Waals surface area contributed by atoms with Crippen molar-refractivity contribution in [1.82, 2.24) is 20.0 Å². The zero-order valence-electron chi connectivity index (χ0n) is 12.8. The fourth-order valence-corrected chi connectivity index (χ4v) is 2.30. The summed E-state index contributed by atoms with van der Waals surface area (Å²) in [4.78, 5) is 14.3. The van der Waals surface area contributed by atoms with Crippen LogP contribution in [0.5, 0.6) is 0 Å². The Balaban J connectivity index is 1.81. The number of likely N-dealkylation sites (N-methyl/N-ethyl adjacent to an activating group) is 1. The summed E-state index contributed by atoms with van der Waals surface area (Å²) in [6.07, 6.45) is 2.56. The van der Waals surface area contributed by atoms with Crippen LogP contribution in [0.4, 0.5) is 5.69 Å². The van der Waals surface area contributed by atoms with E-state index >= 15 is 0 Å². The topological polar surface area (TPSA) is 76.2 Å². The van der Waals surface area contributed by atoms with Gasteiger partial charge in [0, 0.05) is 18.6 Å². The minimum Gasteiger partial charge on any atom is -0.396 e. The van der Waals surface area contributed by atoms with Crippen LogP contribution in [0.1, 0.15) is 31.2 Å². The van der Waals surface area contributed by atoms with Crippen molar-refractivity contribution in [2.75, 3.05) is 19.3 Å². The largest absolute Gasteiger partial charge is 0.396 e. The van der Waals surface area contributed by atoms with Crippen molar-refractivity contribution in [3.05, 3.63) is 11.4 Å². The van der Waals surface area contributed by atoms with Crippen LogP contribution >= 0.6 is 0 Å². The first-order valence-corrected chi connectivity index (χ1v) is 7.18. The molecule has 0 spiro atoms. The smallest absolute Gasteiger partial charge is 0.241 e. The second kappa shape index (κ2) is 5.83. The van der Waals surface area contributed by atoms with Crippen LogP contribution in [0.3, 0.4) is 0 Å². The number of carbonyl (C=O) groups excluding carboxylic acids is 1. The van der Waals surface area contributed by atoms with Gasteiger partial charge in [-0.1, -0.05) is 0 Å². The Morgan fingerprint density at radius 1 is 1.55 bits per heavy atom. The second-order valence-corrected chi connectivity index (χ2v) is 5.79. The molecular weight excluding hydrogens is 254 g/mol. The first-order valence-electron chi connectivity index (χ1n) is 7.18. The number of hydrogen-bond donors (Lipinski definition) is 2. The van der Waals surface area contributed by atoms with E-state index in [-0.39, 0.29) is 12.5 Å². The Hall–Kier alpha value is -1.56. The van der Waals surface area contributed by atoms with Crippen molar-refractivity contribution < 1.29 is 4.79 Å². The average molecular weight is 279 g/mol. The number of amides is 1. The summed E-state index contributed by atoms with van der Waals surface area (Å²) in [5.41, 5.74) is 8.15. The Morgan fingerprint density at radius 3 is 2.70 bits per heavy atom. The molecule has 20 heavy (non-hydrogen) atoms. The van der Waals surface area contributed by atoms with Crippen molar-refractivity contribution in [2.24, 2.45) is 0 Å². The average Bonchev–Trinajstić information content (AvgIpc) is 3.22. The molecular formula is C14H25N5O. The molecule has 3 N–H and O–H groups in total. The molecule has 2 rings (SSSR count). The maximum Gasteiger partial charge on any atom is 0.241 e. The van der Waals surface area contributed by atoms with Gasteiger partial charge in [-0.25, -0.2) is 0 Å². The van der Waals surface area contributed by atoms with Gasteiger partial charge in [-0.15, -0.1) is 0 Å². The third-order valence-electron chi connectivity index (χ3n) is 4.14. The van der Waals surface area contributed by atoms with Crippen LogP contribution in [0.25, 0.3) is 0 Å². The quantitative estimate of drug-likeness (QED) is 0.803. The highest BCUT2D eigenvalue weighted by Gasteiger charge is 2.29. The zero-order chi connectivity index (χ0) is 14.9. The summed E-state index contributed by atoms with van der Waals surface area (Å²) in [6.45, 7) is 6.76. The second-order valence-electron chi connectivity index (χ2n) is 5.79. The Bertz CT molecular complexity index is 492. The number of carbonyl (C=O) groups is 1. The number of nitrogens with two attached hydrogens (primary N) is 1. The van der Waals surface area contributed by atoms with Gasteiger partial charge in [-0.05, 0) is 40.7 Å². The monoisotopic (exact) mass is 279 g/mol. The molecule has 1 unspecified atom stereocenters. The van der Waals surface area contributed by atoms with E-state index in [0.29, 0.717) is 24.3 Å². The van der Waals surface area contributed by atoms with Gasteiger partial charge >= 0.3 is 0 Å². The van der Waals surface area contributed by atoms with Crippen molar-refractivity contribution in [1.29, 1.82) is 0 Å². The van der Waals surface area contributed by atoms with Gasteiger partial charge in [-0.2, -0.15) is 5.10 Å². The van der Waals surface area contributed by atoms with Crippen molar-refractivity contribution in [2.45, 2.75) is 52.2 Å². The molecule has 1 aliphatic rings. The van der Waals surface area contributed by atoms with Gasteiger partial charge in [0.1, 0.15) is 6.54 Å². The van der Waals surface area contributed by atoms with Crippen molar-refractivity contribution in [3.8, 4) is 0 Å². The van der Waals surface area contributed by atoms with Crippen LogP contribution in [0.2, 0.25) is 0 Å². The van der Waals surface area contributed by atoms with Gasteiger partial charge < -0.3 is 11.1 Å². The lowest BCUT2D eigenvalue weighted by Gasteiger charge is -2.24. The third kappa shape index (κ3) is 3.30. The lowest BCUT2D eigenvalue weighted by molar-refractivity contribution is -0.122. The fourth-order valence-electron chi connectivity index (χ4n) is 2.30. The molecule has 1 amide bonds. The fraction of sp³-hybridized carbons (Fsp3) is 0.714. The molecule has 1 atom stereocenters. The molecule has 1 heterocycles. The van der Waals surface area contributed by atoms with Crippen LogP contribution < -0.4 is 11.1 Å². The standard InChI is InChI=1S/C14H25N5O/c1-9(18(4)12-5-6-12)7-16-13(20)8-19-11(3)14(15)10(2)17-19/h9,12H,5-8,15H2,1-4H3,(H,16,20). The number of aryl methyl sites for hydroxylation is 1. The number of rotatable bonds is 6. The zero-order valence-corrected chi connectivity index (χ0v) is 12.8. The maximum atomic E-state index is 12.0. The first kappa shape index (κ1) is 14.8. The van der Waals surface area contributed by atoms with E-state index in [1.165, 1.54) is 12.8 Å². The molecule has 6 heteroatoms. The lowest BCUT2D eigenvalue weighted by Crippen LogP contribution is -2.42. The van der Waals surface area contributed by atoms with E-state index in [1.54, 1.807) is 4.68 Å². The van der Waals surface area contributed by atoms with Gasteiger partial charge in [0.2, 0.25) is 5.91 Å². The normalized spacial score (nSPS) is 16.4. The van der Waals surface area contributed by atoms with Gasteiger partial charge in [0.05, 0.1) is 17.1 Å². The maximum absolute atomic E-state index is 12.0. The number of hydrogen-bond acceptors (Lipinski definition) is 4. The van der Waals surface area contributed by atoms with Crippen molar-refractivity contribution >= 4 is 11.6 Å². The summed E-state index contributed by atoms with van der Waals surface area (Å²) < 4.78 is 1.66. The molecule has 0 aromatic carbocycles. The molecule has 1 aliphatic carbocycles. The van der Waals surface area contributed by atoms with Crippen LogP contribution in [0.15, 0.2) is 0 Å². The molecule has 1 aromatic heterocycles. The molecule has 1 saturated carbocycles. The summed E-state index contributed by atoms with van der Waals surface area (Å²) in [5.74, 6) is -0.0216. The minimum atomic E-state index is -0.0216. The predicted octanol–water partition coefficient (Wildman–Crippen LogP) is 0.681. The van der Waals surface area contributed by atoms with E-state index in [1.807, 2.05) is 13.8 Å². The Labute approximate surface area is 120 Å². The third-order valence-corrected chi connectivity index (χ3v) is 4.14. The van der Waals surface area contributed by atoms with Crippen molar-refractivity contribution in [3.63, 3.8) is 0 Å². The summed E-state index contributed by atoms with van der Waals surface area (Å²) in [7, 11) is 2.12. The molecule has 0 saturated heterocycles. The highest BCUT2D eigenvalue weighted by atomic mass is 16.2. The van der Waals surface area contributed by atoms with Gasteiger partial charge in [0.15, 0.2) is 0 Å². The van der Waals surface area contributed by atoms with E-state index < -0.39 is 0 Å². The van der Waals surface area contributed by atoms with Gasteiger partial charge in [-0.3, -0.25) is 14.4 Å². The SMILES string of the molecule is Cc1nn(CC(=O)NCC(C)N(C)C2CC2)c(C)c1N. The first-order chi connectivity index (χ1) is 9.40.